The van der Waals surface area contributed by atoms with Gasteiger partial charge in [-0.05, 0) is 43.3 Å². The van der Waals surface area contributed by atoms with Gasteiger partial charge in [0.1, 0.15) is 0 Å². The van der Waals surface area contributed by atoms with Gasteiger partial charge in [0, 0.05) is 49.7 Å². The van der Waals surface area contributed by atoms with Gasteiger partial charge in [-0.2, -0.15) is 0 Å². The molecule has 5 rings (SSSR count). The van der Waals surface area contributed by atoms with Crippen LogP contribution in [0.1, 0.15) is 11.1 Å². The van der Waals surface area contributed by atoms with Crippen molar-refractivity contribution in [2.75, 3.05) is 38.5 Å². The fourth-order valence-electron chi connectivity index (χ4n) is 4.09. The van der Waals surface area contributed by atoms with Crippen LogP contribution in [0.5, 0.6) is 0 Å². The number of aryl methyl sites for hydroxylation is 1. The van der Waals surface area contributed by atoms with E-state index in [2.05, 4.69) is 93.7 Å². The topological polar surface area (TPSA) is 60.1 Å². The summed E-state index contributed by atoms with van der Waals surface area (Å²) in [5.41, 5.74) is 7.65. The van der Waals surface area contributed by atoms with Crippen LogP contribution in [0.15, 0.2) is 60.8 Å². The Bertz CT molecular complexity index is 1170. The summed E-state index contributed by atoms with van der Waals surface area (Å²) in [6.45, 7) is 7.67. The predicted molar refractivity (Wildman–Crippen MR) is 127 cm³/mol. The molecule has 1 aliphatic heterocycles. The van der Waals surface area contributed by atoms with E-state index >= 15 is 0 Å². The molecule has 1 fully saturated rings. The van der Waals surface area contributed by atoms with E-state index in [0.29, 0.717) is 5.95 Å². The third kappa shape index (κ3) is 4.45. The second-order valence-electron chi connectivity index (χ2n) is 8.39. The molecule has 6 nitrogen and oxygen atoms in total. The number of H-pyrrole nitrogens is 1. The van der Waals surface area contributed by atoms with Crippen molar-refractivity contribution in [3.63, 3.8) is 0 Å². The average Bonchev–Trinajstić information content (AvgIpc) is 3.20. The fraction of sp³-hybridized carbons (Fsp3) is 0.280. The number of piperazine rings is 1. The van der Waals surface area contributed by atoms with E-state index in [1.165, 1.54) is 16.7 Å². The number of likely N-dealkylation sites (N-methyl/N-ethyl adjacent to an activating group) is 1. The molecule has 0 bridgehead atoms. The van der Waals surface area contributed by atoms with Gasteiger partial charge < -0.3 is 15.2 Å². The molecule has 2 N–H and O–H groups in total. The number of nitrogens with one attached hydrogen (secondary N) is 2. The highest BCUT2D eigenvalue weighted by atomic mass is 15.2. The first kappa shape index (κ1) is 19.7. The molecule has 0 saturated carbocycles. The van der Waals surface area contributed by atoms with Crippen LogP contribution in [0.3, 0.4) is 0 Å². The van der Waals surface area contributed by atoms with Crippen LogP contribution in [0.2, 0.25) is 0 Å². The number of hydrogen-bond donors (Lipinski definition) is 2. The molecule has 1 saturated heterocycles. The van der Waals surface area contributed by atoms with Gasteiger partial charge in [-0.25, -0.2) is 9.97 Å². The number of anilines is 2. The molecule has 0 spiro atoms. The van der Waals surface area contributed by atoms with Crippen LogP contribution in [0.25, 0.3) is 22.3 Å². The average molecular weight is 413 g/mol. The molecule has 0 amide bonds. The predicted octanol–water partition coefficient (Wildman–Crippen LogP) is 4.42. The maximum absolute atomic E-state index is 4.70. The van der Waals surface area contributed by atoms with Gasteiger partial charge in [-0.1, -0.05) is 36.4 Å². The van der Waals surface area contributed by atoms with Gasteiger partial charge in [0.2, 0.25) is 5.95 Å². The molecule has 0 radical (unpaired) electrons. The third-order valence-electron chi connectivity index (χ3n) is 6.02. The summed E-state index contributed by atoms with van der Waals surface area (Å²) in [7, 11) is 2.19. The SMILES string of the molecule is Cc1ccccc1-c1cc2nc(Nc3ccc(CN4CCN(C)CC4)cc3)ncc2[nH]1. The van der Waals surface area contributed by atoms with E-state index in [1.807, 2.05) is 6.20 Å². The van der Waals surface area contributed by atoms with Crippen molar-refractivity contribution in [2.45, 2.75) is 13.5 Å². The quantitative estimate of drug-likeness (QED) is 0.508. The fourth-order valence-corrected chi connectivity index (χ4v) is 4.09. The second kappa shape index (κ2) is 8.49. The minimum Gasteiger partial charge on any atom is -0.352 e. The zero-order valence-corrected chi connectivity index (χ0v) is 18.1. The first-order valence-electron chi connectivity index (χ1n) is 10.8. The van der Waals surface area contributed by atoms with Gasteiger partial charge in [-0.15, -0.1) is 0 Å². The molecule has 0 atom stereocenters. The third-order valence-corrected chi connectivity index (χ3v) is 6.02. The Hall–Kier alpha value is -3.22. The first-order valence-corrected chi connectivity index (χ1v) is 10.8. The standard InChI is InChI=1S/C25H28N6/c1-18-5-3-4-6-21(18)22-15-23-24(28-22)16-26-25(29-23)27-20-9-7-19(8-10-20)17-31-13-11-30(2)12-14-31/h3-10,15-16,28H,11-14,17H2,1-2H3,(H,26,27,29). The van der Waals surface area contributed by atoms with Gasteiger partial charge >= 0.3 is 0 Å². The summed E-state index contributed by atoms with van der Waals surface area (Å²) >= 11 is 0. The molecule has 6 heteroatoms. The first-order chi connectivity index (χ1) is 15.1. The molecular formula is C25H28N6. The number of rotatable bonds is 5. The van der Waals surface area contributed by atoms with Gasteiger partial charge in [0.05, 0.1) is 17.2 Å². The van der Waals surface area contributed by atoms with Crippen molar-refractivity contribution >= 4 is 22.7 Å². The highest BCUT2D eigenvalue weighted by Crippen LogP contribution is 2.26. The van der Waals surface area contributed by atoms with E-state index in [0.717, 1.165) is 55.1 Å². The Morgan fingerprint density at radius 2 is 1.77 bits per heavy atom. The lowest BCUT2D eigenvalue weighted by Crippen LogP contribution is -2.43. The van der Waals surface area contributed by atoms with E-state index in [1.54, 1.807) is 0 Å². The Balaban J connectivity index is 1.28. The highest BCUT2D eigenvalue weighted by Gasteiger charge is 2.14. The summed E-state index contributed by atoms with van der Waals surface area (Å²) in [6.07, 6.45) is 1.84. The normalized spacial score (nSPS) is 15.4. The van der Waals surface area contributed by atoms with Crippen LogP contribution in [0.4, 0.5) is 11.6 Å². The van der Waals surface area contributed by atoms with Crippen LogP contribution in [0, 0.1) is 6.92 Å². The lowest BCUT2D eigenvalue weighted by atomic mass is 10.1. The Morgan fingerprint density at radius 3 is 2.55 bits per heavy atom. The summed E-state index contributed by atoms with van der Waals surface area (Å²) < 4.78 is 0. The molecule has 2 aromatic heterocycles. The molecule has 31 heavy (non-hydrogen) atoms. The molecule has 0 unspecified atom stereocenters. The van der Waals surface area contributed by atoms with Gasteiger partial charge in [0.25, 0.3) is 0 Å². The van der Waals surface area contributed by atoms with Crippen LogP contribution < -0.4 is 5.32 Å². The largest absolute Gasteiger partial charge is 0.352 e. The smallest absolute Gasteiger partial charge is 0.227 e. The van der Waals surface area contributed by atoms with E-state index < -0.39 is 0 Å². The maximum Gasteiger partial charge on any atom is 0.227 e. The van der Waals surface area contributed by atoms with Crippen molar-refractivity contribution in [3.05, 3.63) is 71.9 Å². The minimum absolute atomic E-state index is 0.606. The van der Waals surface area contributed by atoms with Crippen molar-refractivity contribution in [1.29, 1.82) is 0 Å². The van der Waals surface area contributed by atoms with Crippen molar-refractivity contribution in [3.8, 4) is 11.3 Å². The number of aromatic amines is 1. The molecule has 4 aromatic rings. The monoisotopic (exact) mass is 412 g/mol. The maximum atomic E-state index is 4.70. The molecule has 1 aliphatic rings. The zero-order chi connectivity index (χ0) is 21.2. The molecule has 3 heterocycles. The van der Waals surface area contributed by atoms with Crippen LogP contribution in [-0.4, -0.2) is 58.0 Å². The summed E-state index contributed by atoms with van der Waals surface area (Å²) in [4.78, 5) is 17.5. The lowest BCUT2D eigenvalue weighted by Gasteiger charge is -2.32. The Kier molecular flexibility index (Phi) is 5.40. The molecule has 158 valence electrons. The molecule has 0 aliphatic carbocycles. The number of aromatic nitrogens is 3. The highest BCUT2D eigenvalue weighted by molar-refractivity contribution is 5.83. The van der Waals surface area contributed by atoms with E-state index in [4.69, 9.17) is 4.98 Å². The lowest BCUT2D eigenvalue weighted by molar-refractivity contribution is 0.148. The number of benzene rings is 2. The van der Waals surface area contributed by atoms with Crippen LogP contribution in [-0.2, 0) is 6.54 Å². The molecular weight excluding hydrogens is 384 g/mol. The van der Waals surface area contributed by atoms with Gasteiger partial charge in [-0.3, -0.25) is 4.90 Å². The Labute approximate surface area is 182 Å². The summed E-state index contributed by atoms with van der Waals surface area (Å²) in [6, 6.07) is 19.0. The zero-order valence-electron chi connectivity index (χ0n) is 18.1. The number of nitrogens with zero attached hydrogens (tertiary/aromatic N) is 4. The van der Waals surface area contributed by atoms with Gasteiger partial charge in [0.15, 0.2) is 0 Å². The van der Waals surface area contributed by atoms with E-state index in [9.17, 15) is 0 Å². The van der Waals surface area contributed by atoms with Crippen LogP contribution >= 0.6 is 0 Å². The Morgan fingerprint density at radius 1 is 1.00 bits per heavy atom. The van der Waals surface area contributed by atoms with Crippen molar-refractivity contribution in [1.82, 2.24) is 24.8 Å². The van der Waals surface area contributed by atoms with Crippen molar-refractivity contribution in [2.24, 2.45) is 0 Å². The summed E-state index contributed by atoms with van der Waals surface area (Å²) in [5.74, 6) is 0.606. The number of fused-ring (bicyclic) bond motifs is 1. The second-order valence-corrected chi connectivity index (χ2v) is 8.39. The van der Waals surface area contributed by atoms with Crippen molar-refractivity contribution < 1.29 is 0 Å². The molecule has 2 aromatic carbocycles. The summed E-state index contributed by atoms with van der Waals surface area (Å²) in [5, 5.41) is 3.34. The number of hydrogen-bond acceptors (Lipinski definition) is 5. The minimum atomic E-state index is 0.606. The van der Waals surface area contributed by atoms with E-state index in [-0.39, 0.29) is 0 Å².